The maximum atomic E-state index is 13.0. The van der Waals surface area contributed by atoms with Gasteiger partial charge in [-0.3, -0.25) is 19.7 Å². The third-order valence-corrected chi connectivity index (χ3v) is 7.32. The number of Topliss-reactive ketones (excluding diaryl/α,β-unsaturated/α-hetero) is 1. The Hall–Kier alpha value is -3.33. The molecule has 3 aromatic rings. The summed E-state index contributed by atoms with van der Waals surface area (Å²) in [4.78, 5) is 31.4. The number of carbonyl (C=O) groups is 2. The molecule has 8 heteroatoms. The fourth-order valence-corrected chi connectivity index (χ4v) is 5.36. The van der Waals surface area contributed by atoms with E-state index in [9.17, 15) is 9.59 Å². The van der Waals surface area contributed by atoms with Crippen molar-refractivity contribution >= 4 is 29.1 Å². The molecule has 2 aliphatic rings. The number of piperidine rings is 1. The standard InChI is InChI=1S/C26H25N3O4S/c30-22-15-26(33-23-8-6-18(14-21(22)23)7-9-24(31)28-32)10-12-29(13-11-26)16-20-17-34-25(27-20)19-4-2-1-3-5-19/h1-9,14,17,32H,10-13,15-16H2,(H,28,31)/b9-7+. The van der Waals surface area contributed by atoms with Crippen LogP contribution in [0.25, 0.3) is 16.6 Å². The minimum atomic E-state index is -0.625. The molecule has 1 aromatic heterocycles. The van der Waals surface area contributed by atoms with Gasteiger partial charge in [0.1, 0.15) is 16.4 Å². The van der Waals surface area contributed by atoms with Gasteiger partial charge < -0.3 is 4.74 Å². The highest BCUT2D eigenvalue weighted by Crippen LogP contribution is 2.40. The van der Waals surface area contributed by atoms with Crippen LogP contribution in [0.3, 0.4) is 0 Å². The second-order valence-corrected chi connectivity index (χ2v) is 9.59. The number of ether oxygens (including phenoxy) is 1. The molecule has 0 aliphatic carbocycles. The van der Waals surface area contributed by atoms with Gasteiger partial charge in [-0.2, -0.15) is 0 Å². The SMILES string of the molecule is O=C(/C=C/c1ccc2c(c1)C(=O)CC1(CCN(Cc3csc(-c4ccccc4)n3)CC1)O2)NO. The summed E-state index contributed by atoms with van der Waals surface area (Å²) in [5.74, 6) is 0.0315. The molecular formula is C26H25N3O4S. The topological polar surface area (TPSA) is 91.8 Å². The maximum Gasteiger partial charge on any atom is 0.267 e. The lowest BCUT2D eigenvalue weighted by Gasteiger charge is -2.43. The highest BCUT2D eigenvalue weighted by atomic mass is 32.1. The number of amides is 1. The van der Waals surface area contributed by atoms with Crippen LogP contribution in [0.1, 0.15) is 40.9 Å². The van der Waals surface area contributed by atoms with Gasteiger partial charge in [0.2, 0.25) is 0 Å². The van der Waals surface area contributed by atoms with Crippen molar-refractivity contribution in [3.05, 3.63) is 76.8 Å². The molecule has 0 unspecified atom stereocenters. The number of carbonyl (C=O) groups excluding carboxylic acids is 2. The molecule has 34 heavy (non-hydrogen) atoms. The van der Waals surface area contributed by atoms with E-state index in [0.29, 0.717) is 23.3 Å². The van der Waals surface area contributed by atoms with Crippen molar-refractivity contribution in [2.24, 2.45) is 0 Å². The Morgan fingerprint density at radius 1 is 1.21 bits per heavy atom. The third-order valence-electron chi connectivity index (χ3n) is 6.38. The van der Waals surface area contributed by atoms with E-state index < -0.39 is 11.5 Å². The van der Waals surface area contributed by atoms with E-state index in [0.717, 1.165) is 48.7 Å². The van der Waals surface area contributed by atoms with Gasteiger partial charge in [-0.15, -0.1) is 11.3 Å². The largest absolute Gasteiger partial charge is 0.486 e. The fraction of sp³-hybridized carbons (Fsp3) is 0.269. The summed E-state index contributed by atoms with van der Waals surface area (Å²) in [5.41, 5.74) is 4.53. The number of hydrogen-bond donors (Lipinski definition) is 2. The van der Waals surface area contributed by atoms with Crippen molar-refractivity contribution in [3.63, 3.8) is 0 Å². The number of hydrogen-bond acceptors (Lipinski definition) is 7. The zero-order chi connectivity index (χ0) is 23.5. The highest BCUT2D eigenvalue weighted by molar-refractivity contribution is 7.13. The first kappa shape index (κ1) is 22.5. The van der Waals surface area contributed by atoms with Gasteiger partial charge in [-0.1, -0.05) is 36.4 Å². The number of likely N-dealkylation sites (tertiary alicyclic amines) is 1. The van der Waals surface area contributed by atoms with E-state index in [1.54, 1.807) is 41.1 Å². The number of benzene rings is 2. The molecule has 0 saturated carbocycles. The maximum absolute atomic E-state index is 13.0. The predicted octanol–water partition coefficient (Wildman–Crippen LogP) is 4.33. The van der Waals surface area contributed by atoms with Gasteiger partial charge in [0.05, 0.1) is 17.7 Å². The monoisotopic (exact) mass is 475 g/mol. The van der Waals surface area contributed by atoms with E-state index in [2.05, 4.69) is 22.4 Å². The van der Waals surface area contributed by atoms with Crippen LogP contribution < -0.4 is 10.2 Å². The van der Waals surface area contributed by atoms with Gasteiger partial charge in [0, 0.05) is 49.5 Å². The van der Waals surface area contributed by atoms with Crippen molar-refractivity contribution < 1.29 is 19.5 Å². The first-order valence-corrected chi connectivity index (χ1v) is 12.1. The lowest BCUT2D eigenvalue weighted by atomic mass is 9.82. The van der Waals surface area contributed by atoms with E-state index in [1.165, 1.54) is 6.08 Å². The van der Waals surface area contributed by atoms with E-state index in [-0.39, 0.29) is 5.78 Å². The summed E-state index contributed by atoms with van der Waals surface area (Å²) < 4.78 is 6.39. The molecule has 5 rings (SSSR count). The first-order valence-electron chi connectivity index (χ1n) is 11.2. The molecule has 3 heterocycles. The van der Waals surface area contributed by atoms with Crippen LogP contribution in [0.5, 0.6) is 5.75 Å². The smallest absolute Gasteiger partial charge is 0.267 e. The van der Waals surface area contributed by atoms with Crippen LogP contribution in [0.2, 0.25) is 0 Å². The van der Waals surface area contributed by atoms with Crippen LogP contribution in [-0.2, 0) is 11.3 Å². The number of rotatable bonds is 5. The Kier molecular flexibility index (Phi) is 6.28. The van der Waals surface area contributed by atoms with Gasteiger partial charge in [-0.05, 0) is 23.8 Å². The number of thiazole rings is 1. The van der Waals surface area contributed by atoms with Crippen LogP contribution in [-0.4, -0.2) is 45.5 Å². The normalized spacial score (nSPS) is 17.5. The molecule has 7 nitrogen and oxygen atoms in total. The predicted molar refractivity (Wildman–Crippen MR) is 130 cm³/mol. The van der Waals surface area contributed by atoms with Gasteiger partial charge in [0.25, 0.3) is 5.91 Å². The van der Waals surface area contributed by atoms with Crippen molar-refractivity contribution in [2.75, 3.05) is 13.1 Å². The first-order chi connectivity index (χ1) is 16.5. The lowest BCUT2D eigenvalue weighted by Crippen LogP contribution is -2.50. The van der Waals surface area contributed by atoms with Crippen molar-refractivity contribution in [1.29, 1.82) is 0 Å². The summed E-state index contributed by atoms with van der Waals surface area (Å²) in [6, 6.07) is 15.5. The Labute approximate surface area is 201 Å². The zero-order valence-corrected chi connectivity index (χ0v) is 19.4. The van der Waals surface area contributed by atoms with Crippen LogP contribution >= 0.6 is 11.3 Å². The number of nitrogens with zero attached hydrogens (tertiary/aromatic N) is 2. The van der Waals surface area contributed by atoms with E-state index >= 15 is 0 Å². The Morgan fingerprint density at radius 2 is 2.00 bits per heavy atom. The average molecular weight is 476 g/mol. The minimum Gasteiger partial charge on any atom is -0.486 e. The molecule has 2 aromatic carbocycles. The molecular weight excluding hydrogens is 450 g/mol. The summed E-state index contributed by atoms with van der Waals surface area (Å²) in [6.45, 7) is 2.48. The van der Waals surface area contributed by atoms with Crippen molar-refractivity contribution in [1.82, 2.24) is 15.4 Å². The molecule has 1 saturated heterocycles. The van der Waals surface area contributed by atoms with Crippen LogP contribution in [0, 0.1) is 0 Å². The number of aromatic nitrogens is 1. The van der Waals surface area contributed by atoms with E-state index in [4.69, 9.17) is 14.9 Å². The molecule has 0 radical (unpaired) electrons. The van der Waals surface area contributed by atoms with Gasteiger partial charge >= 0.3 is 0 Å². The molecule has 2 N–H and O–H groups in total. The molecule has 2 aliphatic heterocycles. The number of ketones is 1. The second kappa shape index (κ2) is 9.50. The molecule has 1 amide bonds. The Morgan fingerprint density at radius 3 is 2.76 bits per heavy atom. The summed E-state index contributed by atoms with van der Waals surface area (Å²) in [6.07, 6.45) is 4.67. The summed E-state index contributed by atoms with van der Waals surface area (Å²) in [7, 11) is 0. The third kappa shape index (κ3) is 4.79. The number of fused-ring (bicyclic) bond motifs is 1. The fourth-order valence-electron chi connectivity index (χ4n) is 4.54. The average Bonchev–Trinajstić information content (AvgIpc) is 3.33. The van der Waals surface area contributed by atoms with Crippen LogP contribution in [0.4, 0.5) is 0 Å². The lowest BCUT2D eigenvalue weighted by molar-refractivity contribution is -0.124. The quantitative estimate of drug-likeness (QED) is 0.324. The van der Waals surface area contributed by atoms with Gasteiger partial charge in [-0.25, -0.2) is 10.5 Å². The second-order valence-electron chi connectivity index (χ2n) is 8.74. The molecule has 0 bridgehead atoms. The molecule has 1 fully saturated rings. The highest BCUT2D eigenvalue weighted by Gasteiger charge is 2.43. The summed E-state index contributed by atoms with van der Waals surface area (Å²) in [5, 5.41) is 11.8. The number of nitrogens with one attached hydrogen (secondary N) is 1. The van der Waals surface area contributed by atoms with E-state index in [1.807, 2.05) is 18.2 Å². The number of hydroxylamine groups is 1. The zero-order valence-electron chi connectivity index (χ0n) is 18.6. The van der Waals surface area contributed by atoms with Crippen molar-refractivity contribution in [2.45, 2.75) is 31.4 Å². The molecule has 0 atom stereocenters. The Bertz CT molecular complexity index is 1230. The van der Waals surface area contributed by atoms with Crippen LogP contribution in [0.15, 0.2) is 60.0 Å². The van der Waals surface area contributed by atoms with Gasteiger partial charge in [0.15, 0.2) is 5.78 Å². The van der Waals surface area contributed by atoms with Crippen molar-refractivity contribution in [3.8, 4) is 16.3 Å². The molecule has 1 spiro atoms. The summed E-state index contributed by atoms with van der Waals surface area (Å²) >= 11 is 1.67. The Balaban J connectivity index is 1.22. The molecule has 174 valence electrons. The minimum absolute atomic E-state index is 0.0589.